The third kappa shape index (κ3) is 3.12. The number of nitrogen functional groups attached to an aromatic ring is 1. The predicted molar refractivity (Wildman–Crippen MR) is 69.2 cm³/mol. The Morgan fingerprint density at radius 3 is 2.84 bits per heavy atom. The van der Waals surface area contributed by atoms with E-state index in [1.54, 1.807) is 0 Å². The molecule has 0 fully saturated rings. The molecule has 1 atom stereocenters. The summed E-state index contributed by atoms with van der Waals surface area (Å²) in [5, 5.41) is 6.74. The highest BCUT2D eigenvalue weighted by Gasteiger charge is 2.15. The topological polar surface area (TPSA) is 99.0 Å². The predicted octanol–water partition coefficient (Wildman–Crippen LogP) is 0.948. The maximum absolute atomic E-state index is 11.9. The van der Waals surface area contributed by atoms with E-state index in [0.29, 0.717) is 0 Å². The molecule has 102 valence electrons. The first kappa shape index (κ1) is 13.1. The zero-order valence-electron chi connectivity index (χ0n) is 11.2. The lowest BCUT2D eigenvalue weighted by atomic mass is 10.1. The van der Waals surface area contributed by atoms with Gasteiger partial charge in [-0.1, -0.05) is 0 Å². The maximum Gasteiger partial charge on any atom is 0.242 e. The van der Waals surface area contributed by atoms with Crippen molar-refractivity contribution < 1.29 is 9.21 Å². The molecule has 7 nitrogen and oxygen atoms in total. The van der Waals surface area contributed by atoms with Gasteiger partial charge in [-0.05, 0) is 26.8 Å². The average molecular weight is 263 g/mol. The summed E-state index contributed by atoms with van der Waals surface area (Å²) < 4.78 is 6.84. The fourth-order valence-corrected chi connectivity index (χ4v) is 1.98. The van der Waals surface area contributed by atoms with Crippen molar-refractivity contribution >= 4 is 11.9 Å². The van der Waals surface area contributed by atoms with Crippen LogP contribution in [0.1, 0.15) is 30.0 Å². The van der Waals surface area contributed by atoms with E-state index >= 15 is 0 Å². The molecule has 0 saturated heterocycles. The maximum atomic E-state index is 11.9. The average Bonchev–Trinajstić information content (AvgIpc) is 2.84. The van der Waals surface area contributed by atoms with Crippen molar-refractivity contribution in [1.82, 2.24) is 20.1 Å². The summed E-state index contributed by atoms with van der Waals surface area (Å²) in [6.45, 7) is 5.75. The first-order valence-corrected chi connectivity index (χ1v) is 5.97. The standard InChI is InChI=1S/C12H17N5O2/c1-7-4-10(9(3)19-7)8(2)15-11(18)5-17-6-14-12(13)16-17/h4,6,8H,5H2,1-3H3,(H2,13,16)(H,15,18). The van der Waals surface area contributed by atoms with E-state index in [1.807, 2.05) is 26.8 Å². The quantitative estimate of drug-likeness (QED) is 0.855. The van der Waals surface area contributed by atoms with Crippen LogP contribution >= 0.6 is 0 Å². The number of carbonyl (C=O) groups excluding carboxylic acids is 1. The van der Waals surface area contributed by atoms with Gasteiger partial charge in [0.25, 0.3) is 0 Å². The number of rotatable bonds is 4. The van der Waals surface area contributed by atoms with Crippen LogP contribution in [0.5, 0.6) is 0 Å². The number of nitrogens with two attached hydrogens (primary N) is 1. The Kier molecular flexibility index (Phi) is 3.55. The highest BCUT2D eigenvalue weighted by atomic mass is 16.3. The Morgan fingerprint density at radius 2 is 2.32 bits per heavy atom. The largest absolute Gasteiger partial charge is 0.466 e. The molecule has 0 bridgehead atoms. The second-order valence-electron chi connectivity index (χ2n) is 4.46. The molecule has 2 aromatic rings. The molecule has 2 rings (SSSR count). The van der Waals surface area contributed by atoms with Crippen LogP contribution < -0.4 is 11.1 Å². The molecule has 0 saturated carbocycles. The van der Waals surface area contributed by atoms with Crippen molar-refractivity contribution in [2.24, 2.45) is 0 Å². The molecule has 0 aliphatic heterocycles. The smallest absolute Gasteiger partial charge is 0.242 e. The van der Waals surface area contributed by atoms with Gasteiger partial charge in [0, 0.05) is 5.56 Å². The fourth-order valence-electron chi connectivity index (χ4n) is 1.98. The molecule has 0 aliphatic rings. The van der Waals surface area contributed by atoms with Gasteiger partial charge < -0.3 is 15.5 Å². The van der Waals surface area contributed by atoms with Crippen molar-refractivity contribution in [3.63, 3.8) is 0 Å². The number of aromatic nitrogens is 3. The van der Waals surface area contributed by atoms with E-state index in [1.165, 1.54) is 11.0 Å². The SMILES string of the molecule is Cc1cc(C(C)NC(=O)Cn2cnc(N)n2)c(C)o1. The first-order valence-electron chi connectivity index (χ1n) is 5.97. The molecular formula is C12H17N5O2. The number of anilines is 1. The van der Waals surface area contributed by atoms with Crippen LogP contribution in [0.3, 0.4) is 0 Å². The molecule has 1 amide bonds. The lowest BCUT2D eigenvalue weighted by Crippen LogP contribution is -2.30. The van der Waals surface area contributed by atoms with Gasteiger partial charge in [-0.15, -0.1) is 5.10 Å². The number of aryl methyl sites for hydroxylation is 2. The molecule has 0 spiro atoms. The highest BCUT2D eigenvalue weighted by Crippen LogP contribution is 2.20. The summed E-state index contributed by atoms with van der Waals surface area (Å²) in [7, 11) is 0. The van der Waals surface area contributed by atoms with Gasteiger partial charge in [-0.2, -0.15) is 0 Å². The molecule has 2 aromatic heterocycles. The molecule has 1 unspecified atom stereocenters. The van der Waals surface area contributed by atoms with E-state index in [0.717, 1.165) is 17.1 Å². The van der Waals surface area contributed by atoms with Gasteiger partial charge in [0.2, 0.25) is 11.9 Å². The number of hydrogen-bond donors (Lipinski definition) is 2. The van der Waals surface area contributed by atoms with Crippen molar-refractivity contribution in [1.29, 1.82) is 0 Å². The number of carbonyl (C=O) groups is 1. The summed E-state index contributed by atoms with van der Waals surface area (Å²) >= 11 is 0. The Hall–Kier alpha value is -2.31. The van der Waals surface area contributed by atoms with Crippen LogP contribution in [0.2, 0.25) is 0 Å². The van der Waals surface area contributed by atoms with Gasteiger partial charge in [-0.25, -0.2) is 9.67 Å². The minimum absolute atomic E-state index is 0.0877. The van der Waals surface area contributed by atoms with E-state index in [2.05, 4.69) is 15.4 Å². The van der Waals surface area contributed by atoms with Crippen LogP contribution in [0, 0.1) is 13.8 Å². The molecule has 0 radical (unpaired) electrons. The zero-order chi connectivity index (χ0) is 14.0. The molecule has 19 heavy (non-hydrogen) atoms. The molecule has 3 N–H and O–H groups in total. The van der Waals surface area contributed by atoms with E-state index in [4.69, 9.17) is 10.2 Å². The minimum Gasteiger partial charge on any atom is -0.466 e. The van der Waals surface area contributed by atoms with E-state index in [-0.39, 0.29) is 24.4 Å². The zero-order valence-corrected chi connectivity index (χ0v) is 11.2. The number of nitrogens with one attached hydrogen (secondary N) is 1. The molecule has 2 heterocycles. The molecule has 0 aliphatic carbocycles. The third-order valence-electron chi connectivity index (χ3n) is 2.78. The van der Waals surface area contributed by atoms with Gasteiger partial charge >= 0.3 is 0 Å². The lowest BCUT2D eigenvalue weighted by Gasteiger charge is -2.12. The van der Waals surface area contributed by atoms with E-state index in [9.17, 15) is 4.79 Å². The van der Waals surface area contributed by atoms with Crippen molar-refractivity contribution in [3.8, 4) is 0 Å². The van der Waals surface area contributed by atoms with Crippen LogP contribution in [-0.4, -0.2) is 20.7 Å². The Morgan fingerprint density at radius 1 is 1.58 bits per heavy atom. The summed E-state index contributed by atoms with van der Waals surface area (Å²) in [4.78, 5) is 15.6. The number of amides is 1. The van der Waals surface area contributed by atoms with Gasteiger partial charge in [0.05, 0.1) is 6.04 Å². The Balaban J connectivity index is 1.97. The van der Waals surface area contributed by atoms with Crippen LogP contribution in [0.15, 0.2) is 16.8 Å². The highest BCUT2D eigenvalue weighted by molar-refractivity contribution is 5.76. The third-order valence-corrected chi connectivity index (χ3v) is 2.78. The minimum atomic E-state index is -0.157. The van der Waals surface area contributed by atoms with Crippen LogP contribution in [-0.2, 0) is 11.3 Å². The monoisotopic (exact) mass is 263 g/mol. The van der Waals surface area contributed by atoms with Gasteiger partial charge in [0.1, 0.15) is 24.4 Å². The summed E-state index contributed by atoms with van der Waals surface area (Å²) in [5.41, 5.74) is 6.36. The van der Waals surface area contributed by atoms with Gasteiger partial charge in [0.15, 0.2) is 0 Å². The van der Waals surface area contributed by atoms with Crippen molar-refractivity contribution in [2.75, 3.05) is 5.73 Å². The normalized spacial score (nSPS) is 12.4. The number of hydrogen-bond acceptors (Lipinski definition) is 5. The fraction of sp³-hybridized carbons (Fsp3) is 0.417. The summed E-state index contributed by atoms with van der Waals surface area (Å²) in [6.07, 6.45) is 1.42. The second kappa shape index (κ2) is 5.13. The van der Waals surface area contributed by atoms with Crippen molar-refractivity contribution in [2.45, 2.75) is 33.4 Å². The van der Waals surface area contributed by atoms with Gasteiger partial charge in [-0.3, -0.25) is 4.79 Å². The van der Waals surface area contributed by atoms with E-state index < -0.39 is 0 Å². The molecular weight excluding hydrogens is 246 g/mol. The van der Waals surface area contributed by atoms with Crippen molar-refractivity contribution in [3.05, 3.63) is 29.5 Å². The van der Waals surface area contributed by atoms with Crippen LogP contribution in [0.25, 0.3) is 0 Å². The second-order valence-corrected chi connectivity index (χ2v) is 4.46. The summed E-state index contributed by atoms with van der Waals surface area (Å²) in [5.74, 6) is 1.64. The Labute approximate surface area is 110 Å². The first-order chi connectivity index (χ1) is 8.95. The molecule has 7 heteroatoms. The molecule has 0 aromatic carbocycles. The van der Waals surface area contributed by atoms with Crippen LogP contribution in [0.4, 0.5) is 5.95 Å². The summed E-state index contributed by atoms with van der Waals surface area (Å²) in [6, 6.07) is 1.80. The number of furan rings is 1. The Bertz CT molecular complexity index is 587. The lowest BCUT2D eigenvalue weighted by molar-refractivity contribution is -0.122. The number of nitrogens with zero attached hydrogens (tertiary/aromatic N) is 3.